The molecule has 0 unspecified atom stereocenters. The summed E-state index contributed by atoms with van der Waals surface area (Å²) in [6.07, 6.45) is 3.89. The van der Waals surface area contributed by atoms with Gasteiger partial charge in [-0.15, -0.1) is 0 Å². The van der Waals surface area contributed by atoms with Crippen molar-refractivity contribution in [2.24, 2.45) is 18.9 Å². The number of carbonyl (C=O) groups is 4. The maximum atomic E-state index is 13.6. The summed E-state index contributed by atoms with van der Waals surface area (Å²) in [6.45, 7) is 12.5. The number of ether oxygens (including phenoxy) is 3. The third kappa shape index (κ3) is 11.3. The molecule has 0 aliphatic carbocycles. The molecule has 338 valence electrons. The average molecular weight is 955 g/mol. The first kappa shape index (κ1) is 46.8. The fourth-order valence-corrected chi connectivity index (χ4v) is 10.1. The lowest BCUT2D eigenvalue weighted by Gasteiger charge is -2.14. The van der Waals surface area contributed by atoms with E-state index in [9.17, 15) is 36.0 Å². The Kier molecular flexibility index (Phi) is 14.2. The van der Waals surface area contributed by atoms with Crippen LogP contribution in [-0.2, 0) is 31.5 Å². The number of esters is 2. The summed E-state index contributed by atoms with van der Waals surface area (Å²) in [7, 11) is -7.56. The summed E-state index contributed by atoms with van der Waals surface area (Å²) < 4.78 is 70.7. The summed E-state index contributed by atoms with van der Waals surface area (Å²) in [5.74, 6) is -1.36. The minimum atomic E-state index is -4.43. The first-order chi connectivity index (χ1) is 30.2. The topological polar surface area (TPSA) is 285 Å². The molecule has 0 saturated heterocycles. The van der Waals surface area contributed by atoms with Gasteiger partial charge in [0.05, 0.1) is 37.0 Å². The zero-order chi connectivity index (χ0) is 46.5. The van der Waals surface area contributed by atoms with Crippen LogP contribution in [0.4, 0.5) is 31.2 Å². The quantitative estimate of drug-likeness (QED) is 0.0499. The Morgan fingerprint density at radius 3 is 1.69 bits per heavy atom. The summed E-state index contributed by atoms with van der Waals surface area (Å²) in [5.41, 5.74) is 1.42. The second-order valence-electron chi connectivity index (χ2n) is 14.8. The van der Waals surface area contributed by atoms with Crippen LogP contribution in [0.25, 0.3) is 0 Å². The maximum Gasteiger partial charge on any atom is 0.366 e. The van der Waals surface area contributed by atoms with Gasteiger partial charge in [-0.1, -0.05) is 62.5 Å². The van der Waals surface area contributed by atoms with Gasteiger partial charge in [0.2, 0.25) is 10.3 Å². The first-order valence-electron chi connectivity index (χ1n) is 19.1. The zero-order valence-corrected chi connectivity index (χ0v) is 38.5. The van der Waals surface area contributed by atoms with Gasteiger partial charge in [-0.3, -0.25) is 10.6 Å². The molecule has 0 aliphatic heterocycles. The Hall–Kier alpha value is -6.70. The second-order valence-corrected chi connectivity index (χ2v) is 21.1. The molecule has 0 fully saturated rings. The number of benzene rings is 2. The summed E-state index contributed by atoms with van der Waals surface area (Å²) >= 11 is 1.23. The lowest BCUT2D eigenvalue weighted by atomic mass is 10.2. The summed E-state index contributed by atoms with van der Waals surface area (Å²) in [6, 6.07) is 9.04. The van der Waals surface area contributed by atoms with E-state index in [1.165, 1.54) is 7.05 Å². The van der Waals surface area contributed by atoms with E-state index in [2.05, 4.69) is 46.2 Å². The van der Waals surface area contributed by atoms with Crippen molar-refractivity contribution < 1.29 is 50.2 Å². The Morgan fingerprint density at radius 1 is 0.703 bits per heavy atom. The van der Waals surface area contributed by atoms with Crippen molar-refractivity contribution in [1.29, 1.82) is 0 Å². The molecule has 4 heterocycles. The average Bonchev–Trinajstić information content (AvgIpc) is 4.06. The van der Waals surface area contributed by atoms with E-state index < -0.39 is 65.4 Å². The predicted octanol–water partition coefficient (Wildman–Crippen LogP) is 6.69. The van der Waals surface area contributed by atoms with E-state index in [0.29, 0.717) is 58.8 Å². The highest BCUT2D eigenvalue weighted by molar-refractivity contribution is 7.93. The van der Waals surface area contributed by atoms with Crippen molar-refractivity contribution in [2.45, 2.75) is 60.3 Å². The van der Waals surface area contributed by atoms with E-state index in [1.54, 1.807) is 36.4 Å². The molecule has 0 atom stereocenters. The molecule has 2 aromatic carbocycles. The lowest BCUT2D eigenvalue weighted by molar-refractivity contribution is 0.0389. The highest BCUT2D eigenvalue weighted by Gasteiger charge is 2.31. The van der Waals surface area contributed by atoms with Crippen molar-refractivity contribution >= 4 is 88.0 Å². The van der Waals surface area contributed by atoms with E-state index in [1.807, 2.05) is 41.5 Å². The van der Waals surface area contributed by atoms with Crippen LogP contribution in [0.3, 0.4) is 0 Å². The molecular weight excluding hydrogens is 913 g/mol. The number of sulfone groups is 2. The molecule has 21 nitrogen and oxygen atoms in total. The van der Waals surface area contributed by atoms with Crippen molar-refractivity contribution in [2.75, 3.05) is 34.5 Å². The van der Waals surface area contributed by atoms with Crippen molar-refractivity contribution in [3.8, 4) is 11.5 Å². The minimum Gasteiger partial charge on any atom is -0.491 e. The highest BCUT2D eigenvalue weighted by atomic mass is 32.2. The van der Waals surface area contributed by atoms with Crippen LogP contribution in [0, 0.1) is 25.7 Å². The standard InChI is InChI=1S/C39H42N10O11S4/c1-20(2)18-58-28-12-22(5)8-10-24(28)43-34(52)47-36-40-15-30(61-36)63(54,55)38-42-14-26(45-38)32(50)60-33(51)27-17-49(7)39(46-27)64(56,57)31-16-41-37(62-31)48-35(53)44-25-11-9-23(6)13-29(25)59-19-21(3)4/h8-17,20-21H,18-19H2,1-7H3,(H,42,45)(H2,40,43,47,52)(H2,41,44,48,53). The normalized spacial score (nSPS) is 11.6. The number of nitrogens with one attached hydrogen (secondary N) is 5. The molecule has 4 amide bonds. The van der Waals surface area contributed by atoms with Gasteiger partial charge in [0.15, 0.2) is 21.7 Å². The number of anilines is 4. The Balaban J connectivity index is 1.06. The van der Waals surface area contributed by atoms with Crippen LogP contribution in [0.15, 0.2) is 79.9 Å². The number of nitrogens with zero attached hydrogens (tertiary/aromatic N) is 5. The fourth-order valence-electron chi connectivity index (χ4n) is 5.32. The highest BCUT2D eigenvalue weighted by Crippen LogP contribution is 2.32. The number of amides is 4. The van der Waals surface area contributed by atoms with Gasteiger partial charge in [0.1, 0.15) is 19.9 Å². The van der Waals surface area contributed by atoms with Crippen molar-refractivity contribution in [1.82, 2.24) is 29.5 Å². The molecule has 4 aromatic heterocycles. The van der Waals surface area contributed by atoms with Crippen molar-refractivity contribution in [3.05, 3.63) is 83.7 Å². The largest absolute Gasteiger partial charge is 0.491 e. The Morgan fingerprint density at radius 2 is 1.19 bits per heavy atom. The van der Waals surface area contributed by atoms with Gasteiger partial charge in [-0.05, 0) is 61.1 Å². The zero-order valence-electron chi connectivity index (χ0n) is 35.2. The van der Waals surface area contributed by atoms with E-state index >= 15 is 0 Å². The van der Waals surface area contributed by atoms with Crippen LogP contribution in [0.2, 0.25) is 0 Å². The van der Waals surface area contributed by atoms with Gasteiger partial charge in [-0.25, -0.2) is 55.9 Å². The van der Waals surface area contributed by atoms with Crippen LogP contribution >= 0.6 is 22.7 Å². The number of hydrogen-bond acceptors (Lipinski definition) is 17. The van der Waals surface area contributed by atoms with Gasteiger partial charge >= 0.3 is 24.0 Å². The summed E-state index contributed by atoms with van der Waals surface area (Å²) in [4.78, 5) is 69.5. The number of carbonyl (C=O) groups excluding carboxylic acids is 4. The van der Waals surface area contributed by atoms with Crippen LogP contribution in [-0.4, -0.2) is 83.5 Å². The molecule has 5 N–H and O–H groups in total. The molecule has 64 heavy (non-hydrogen) atoms. The first-order valence-corrected chi connectivity index (χ1v) is 23.7. The number of rotatable bonds is 16. The van der Waals surface area contributed by atoms with Gasteiger partial charge < -0.3 is 34.4 Å². The van der Waals surface area contributed by atoms with Gasteiger partial charge in [-0.2, -0.15) is 0 Å². The number of urea groups is 2. The van der Waals surface area contributed by atoms with Crippen molar-refractivity contribution in [3.63, 3.8) is 0 Å². The number of aryl methyl sites for hydroxylation is 3. The monoisotopic (exact) mass is 954 g/mol. The lowest BCUT2D eigenvalue weighted by Crippen LogP contribution is -2.20. The number of aromatic nitrogens is 6. The van der Waals surface area contributed by atoms with Crippen LogP contribution in [0.5, 0.6) is 11.5 Å². The van der Waals surface area contributed by atoms with E-state index in [4.69, 9.17) is 14.2 Å². The van der Waals surface area contributed by atoms with Gasteiger partial charge in [0, 0.05) is 19.4 Å². The molecule has 0 spiro atoms. The Bertz CT molecular complexity index is 2950. The maximum absolute atomic E-state index is 13.6. The molecule has 0 saturated carbocycles. The smallest absolute Gasteiger partial charge is 0.366 e. The van der Waals surface area contributed by atoms with Gasteiger partial charge in [0.25, 0.3) is 19.7 Å². The number of hydrogen-bond donors (Lipinski definition) is 5. The van der Waals surface area contributed by atoms with Crippen LogP contribution < -0.4 is 30.7 Å². The number of thiazole rings is 2. The third-order valence-corrected chi connectivity index (χ3v) is 14.4. The van der Waals surface area contributed by atoms with Crippen LogP contribution in [0.1, 0.15) is 59.8 Å². The van der Waals surface area contributed by atoms with E-state index in [-0.39, 0.29) is 30.5 Å². The molecule has 6 aromatic rings. The summed E-state index contributed by atoms with van der Waals surface area (Å²) in [5, 5.41) is 8.84. The molecule has 25 heteroatoms. The predicted molar refractivity (Wildman–Crippen MR) is 235 cm³/mol. The number of imidazole rings is 2. The van der Waals surface area contributed by atoms with E-state index in [0.717, 1.165) is 40.5 Å². The minimum absolute atomic E-state index is 0.0665. The third-order valence-electron chi connectivity index (χ3n) is 8.34. The molecule has 6 rings (SSSR count). The number of H-pyrrole nitrogens is 1. The molecule has 0 radical (unpaired) electrons. The SMILES string of the molecule is Cc1ccc(NC(=O)Nc2ncc(S(=O)(=O)c3nc(C(=O)OC(=O)c4cn(C)c(S(=O)(=O)c5cnc(NC(=O)Nc6ccc(C)cc6OCC(C)C)s5)n4)c[nH]3)s2)c(OCC(C)C)c1. The molecular formula is C39H42N10O11S4. The Labute approximate surface area is 374 Å². The number of aromatic amines is 1. The molecule has 0 aliphatic rings. The fraction of sp³-hybridized carbons (Fsp3) is 0.282. The second kappa shape index (κ2) is 19.4. The molecule has 0 bridgehead atoms.